The molecule has 0 fully saturated rings. The monoisotopic (exact) mass is 146 g/mol. The molecule has 1 aromatic carbocycles. The predicted octanol–water partition coefficient (Wildman–Crippen LogP) is 1.02. The van der Waals surface area contributed by atoms with E-state index in [0.29, 0.717) is 0 Å². The standard InChI is InChI=1S/C9H8BF/c1-5-3-7-6(2)10-8(7)4-9(5)11/h3-4H,1-2H3. The number of halogens is 1. The molecule has 1 aliphatic heterocycles. The van der Waals surface area contributed by atoms with Crippen molar-refractivity contribution in [2.45, 2.75) is 13.8 Å². The average Bonchev–Trinajstić information content (AvgIpc) is 1.97. The normalized spacial score (nSPS) is 12.8. The fourth-order valence-corrected chi connectivity index (χ4v) is 1.39. The van der Waals surface area contributed by atoms with Gasteiger partial charge >= 0.3 is 65.2 Å². The first-order chi connectivity index (χ1) is 5.18. The van der Waals surface area contributed by atoms with Crippen LogP contribution in [0, 0.1) is 12.7 Å². The molecule has 54 valence electrons. The van der Waals surface area contributed by atoms with Gasteiger partial charge in [-0.1, -0.05) is 0 Å². The molecular formula is C9H8BF. The first kappa shape index (κ1) is 6.77. The maximum absolute atomic E-state index is 12.9. The molecule has 1 heterocycles. The van der Waals surface area contributed by atoms with Crippen LogP contribution in [0.2, 0.25) is 0 Å². The van der Waals surface area contributed by atoms with E-state index in [-0.39, 0.29) is 5.82 Å². The van der Waals surface area contributed by atoms with Crippen molar-refractivity contribution in [3.63, 3.8) is 0 Å². The van der Waals surface area contributed by atoms with Crippen molar-refractivity contribution in [1.29, 1.82) is 0 Å². The van der Waals surface area contributed by atoms with Crippen molar-refractivity contribution >= 4 is 17.8 Å². The molecule has 2 heteroatoms. The number of hydrogen-bond acceptors (Lipinski definition) is 0. The molecule has 0 radical (unpaired) electrons. The van der Waals surface area contributed by atoms with Gasteiger partial charge in [-0.2, -0.15) is 0 Å². The summed E-state index contributed by atoms with van der Waals surface area (Å²) in [7, 11) is 0. The Morgan fingerprint density at radius 3 is 2.64 bits per heavy atom. The SMILES string of the molecule is CC1=Bc2cc(F)c(C)cc21. The Labute approximate surface area is 66.0 Å². The molecular weight excluding hydrogens is 138 g/mol. The third kappa shape index (κ3) is 0.856. The summed E-state index contributed by atoms with van der Waals surface area (Å²) in [6, 6.07) is 3.50. The molecule has 0 aliphatic carbocycles. The zero-order valence-corrected chi connectivity index (χ0v) is 6.61. The quantitative estimate of drug-likeness (QED) is 0.479. The molecule has 2 rings (SSSR count). The summed E-state index contributed by atoms with van der Waals surface area (Å²) >= 11 is 0. The zero-order valence-electron chi connectivity index (χ0n) is 6.61. The summed E-state index contributed by atoms with van der Waals surface area (Å²) in [5.41, 5.74) is 4.22. The van der Waals surface area contributed by atoms with Crippen molar-refractivity contribution in [2.75, 3.05) is 0 Å². The van der Waals surface area contributed by atoms with E-state index in [0.717, 1.165) is 11.0 Å². The molecule has 0 atom stereocenters. The first-order valence-electron chi connectivity index (χ1n) is 3.67. The van der Waals surface area contributed by atoms with Gasteiger partial charge in [-0.05, 0) is 0 Å². The Morgan fingerprint density at radius 2 is 2.00 bits per heavy atom. The molecule has 11 heavy (non-hydrogen) atoms. The molecule has 0 spiro atoms. The number of hydrogen-bond donors (Lipinski definition) is 0. The van der Waals surface area contributed by atoms with Crippen LogP contribution in [0.5, 0.6) is 0 Å². The van der Waals surface area contributed by atoms with Crippen LogP contribution in [-0.4, -0.2) is 12.4 Å². The van der Waals surface area contributed by atoms with E-state index in [2.05, 4.69) is 0 Å². The predicted molar refractivity (Wildman–Crippen MR) is 46.3 cm³/mol. The van der Waals surface area contributed by atoms with Crippen LogP contribution in [0.1, 0.15) is 18.1 Å². The van der Waals surface area contributed by atoms with Crippen molar-refractivity contribution in [3.8, 4) is 0 Å². The Hall–Kier alpha value is -0.915. The molecule has 0 amide bonds. The van der Waals surface area contributed by atoms with Gasteiger partial charge in [0, 0.05) is 0 Å². The number of aryl methyl sites for hydroxylation is 1. The summed E-state index contributed by atoms with van der Waals surface area (Å²) in [4.78, 5) is 0. The maximum atomic E-state index is 12.9. The van der Waals surface area contributed by atoms with Crippen LogP contribution in [-0.2, 0) is 0 Å². The Balaban J connectivity index is 2.61. The summed E-state index contributed by atoms with van der Waals surface area (Å²) in [5, 5.41) is 0. The van der Waals surface area contributed by atoms with Gasteiger partial charge in [-0.15, -0.1) is 0 Å². The summed E-state index contributed by atoms with van der Waals surface area (Å²) in [5.74, 6) is -0.104. The van der Waals surface area contributed by atoms with E-state index in [1.165, 1.54) is 11.0 Å². The number of rotatable bonds is 0. The Bertz CT molecular complexity index is 353. The number of fused-ring (bicyclic) bond motifs is 1. The third-order valence-corrected chi connectivity index (χ3v) is 2.13. The van der Waals surface area contributed by atoms with Crippen LogP contribution in [0.25, 0.3) is 0 Å². The van der Waals surface area contributed by atoms with Crippen LogP contribution in [0.4, 0.5) is 4.39 Å². The Kier molecular flexibility index (Phi) is 1.25. The topological polar surface area (TPSA) is 0 Å². The molecule has 0 N–H and O–H groups in total. The van der Waals surface area contributed by atoms with Crippen LogP contribution in [0.3, 0.4) is 0 Å². The van der Waals surface area contributed by atoms with E-state index >= 15 is 0 Å². The molecule has 0 bridgehead atoms. The first-order valence-corrected chi connectivity index (χ1v) is 3.67. The van der Waals surface area contributed by atoms with E-state index in [1.807, 2.05) is 19.9 Å². The van der Waals surface area contributed by atoms with Crippen LogP contribution >= 0.6 is 0 Å². The minimum atomic E-state index is -0.104. The van der Waals surface area contributed by atoms with Crippen LogP contribution in [0.15, 0.2) is 12.1 Å². The van der Waals surface area contributed by atoms with Gasteiger partial charge in [0.1, 0.15) is 0 Å². The second kappa shape index (κ2) is 2.03. The second-order valence-electron chi connectivity index (χ2n) is 3.02. The summed E-state index contributed by atoms with van der Waals surface area (Å²) in [6.45, 7) is 5.83. The van der Waals surface area contributed by atoms with Gasteiger partial charge < -0.3 is 0 Å². The minimum absolute atomic E-state index is 0.104. The van der Waals surface area contributed by atoms with Crippen molar-refractivity contribution in [3.05, 3.63) is 29.1 Å². The van der Waals surface area contributed by atoms with Gasteiger partial charge in [0.25, 0.3) is 0 Å². The molecule has 0 saturated heterocycles. The zero-order chi connectivity index (χ0) is 8.01. The summed E-state index contributed by atoms with van der Waals surface area (Å²) < 4.78 is 12.9. The second-order valence-corrected chi connectivity index (χ2v) is 3.02. The molecule has 0 unspecified atom stereocenters. The van der Waals surface area contributed by atoms with E-state index in [9.17, 15) is 4.39 Å². The van der Waals surface area contributed by atoms with Crippen molar-refractivity contribution in [2.24, 2.45) is 0 Å². The summed E-state index contributed by atoms with van der Waals surface area (Å²) in [6.07, 6.45) is 0. The molecule has 1 aliphatic rings. The average molecular weight is 146 g/mol. The van der Waals surface area contributed by atoms with Gasteiger partial charge in [0.2, 0.25) is 0 Å². The molecule has 0 aromatic heterocycles. The van der Waals surface area contributed by atoms with Crippen LogP contribution < -0.4 is 5.46 Å². The molecule has 1 aromatic rings. The fourth-order valence-electron chi connectivity index (χ4n) is 1.39. The van der Waals surface area contributed by atoms with Gasteiger partial charge in [0.15, 0.2) is 0 Å². The van der Waals surface area contributed by atoms with Gasteiger partial charge in [-0.25, -0.2) is 0 Å². The van der Waals surface area contributed by atoms with E-state index in [1.54, 1.807) is 13.0 Å². The Morgan fingerprint density at radius 1 is 1.27 bits per heavy atom. The van der Waals surface area contributed by atoms with Gasteiger partial charge in [-0.3, -0.25) is 0 Å². The van der Waals surface area contributed by atoms with Crippen molar-refractivity contribution in [1.82, 2.24) is 0 Å². The third-order valence-electron chi connectivity index (χ3n) is 2.13. The molecule has 0 saturated carbocycles. The fraction of sp³-hybridized carbons (Fsp3) is 0.222. The molecule has 0 nitrogen and oxygen atoms in total. The van der Waals surface area contributed by atoms with Gasteiger partial charge in [0.05, 0.1) is 0 Å². The van der Waals surface area contributed by atoms with Crippen molar-refractivity contribution < 1.29 is 4.39 Å². The number of benzene rings is 1. The van der Waals surface area contributed by atoms with E-state index < -0.39 is 0 Å². The van der Waals surface area contributed by atoms with E-state index in [4.69, 9.17) is 0 Å².